The van der Waals surface area contributed by atoms with Gasteiger partial charge in [-0.1, -0.05) is 23.7 Å². The highest BCUT2D eigenvalue weighted by molar-refractivity contribution is 9.10. The molecule has 138 valence electrons. The largest absolute Gasteiger partial charge is 0.433 e. The number of halogens is 5. The van der Waals surface area contributed by atoms with Crippen LogP contribution in [0.15, 0.2) is 41.1 Å². The lowest BCUT2D eigenvalue weighted by Crippen LogP contribution is -2.07. The van der Waals surface area contributed by atoms with E-state index < -0.39 is 11.9 Å². The molecule has 27 heavy (non-hydrogen) atoms. The molecule has 0 aliphatic rings. The number of pyridine rings is 1. The minimum absolute atomic E-state index is 0.225. The van der Waals surface area contributed by atoms with E-state index in [1.165, 1.54) is 17.5 Å². The van der Waals surface area contributed by atoms with E-state index in [1.54, 1.807) is 23.7 Å². The molecule has 4 nitrogen and oxygen atoms in total. The van der Waals surface area contributed by atoms with E-state index in [9.17, 15) is 13.2 Å². The molecule has 0 N–H and O–H groups in total. The van der Waals surface area contributed by atoms with Crippen LogP contribution in [0.2, 0.25) is 5.02 Å². The summed E-state index contributed by atoms with van der Waals surface area (Å²) in [6, 6.07) is 8.20. The highest BCUT2D eigenvalue weighted by atomic mass is 79.9. The number of hydrogen-bond donors (Lipinski definition) is 0. The van der Waals surface area contributed by atoms with Crippen LogP contribution >= 0.6 is 38.9 Å². The molecule has 3 aromatic heterocycles. The molecule has 0 unspecified atom stereocenters. The van der Waals surface area contributed by atoms with Crippen LogP contribution in [0.1, 0.15) is 5.69 Å². The molecule has 0 fully saturated rings. The molecule has 4 aromatic rings. The van der Waals surface area contributed by atoms with Crippen molar-refractivity contribution in [2.75, 3.05) is 0 Å². The predicted molar refractivity (Wildman–Crippen MR) is 103 cm³/mol. The van der Waals surface area contributed by atoms with Crippen LogP contribution in [0.3, 0.4) is 0 Å². The molecule has 0 aliphatic heterocycles. The molecule has 3 heterocycles. The maximum absolute atomic E-state index is 12.9. The monoisotopic (exact) mass is 472 g/mol. The number of aryl methyl sites for hydroxylation is 1. The summed E-state index contributed by atoms with van der Waals surface area (Å²) in [7, 11) is 1.73. The van der Waals surface area contributed by atoms with Gasteiger partial charge in [0, 0.05) is 17.6 Å². The van der Waals surface area contributed by atoms with E-state index in [1.807, 2.05) is 12.1 Å². The second-order valence-electron chi connectivity index (χ2n) is 5.70. The first-order valence-electron chi connectivity index (χ1n) is 7.56. The Kier molecular flexibility index (Phi) is 4.48. The first kappa shape index (κ1) is 18.4. The summed E-state index contributed by atoms with van der Waals surface area (Å²) in [6.07, 6.45) is -3.33. The molecule has 0 aliphatic carbocycles. The SMILES string of the molecule is Cn1c(-c2sc(-c3ccc(Cl)cc3)nc2Br)nc2cc(C(F)(F)F)ncc21. The Hall–Kier alpha value is -1.97. The summed E-state index contributed by atoms with van der Waals surface area (Å²) in [6.45, 7) is 0. The number of fused-ring (bicyclic) bond motifs is 1. The van der Waals surface area contributed by atoms with Gasteiger partial charge in [0.05, 0.1) is 17.2 Å². The van der Waals surface area contributed by atoms with Crippen molar-refractivity contribution in [2.24, 2.45) is 7.05 Å². The summed E-state index contributed by atoms with van der Waals surface area (Å²) >= 11 is 10.7. The first-order chi connectivity index (χ1) is 12.7. The standard InChI is InChI=1S/C17H9BrClF3N4S/c1-26-11-7-23-12(17(20,21)22)6-10(11)24-15(26)13-14(18)25-16(27-13)8-2-4-9(19)5-3-8/h2-7H,1H3. The fourth-order valence-corrected chi connectivity index (χ4v) is 4.43. The van der Waals surface area contributed by atoms with Crippen molar-refractivity contribution >= 4 is 49.9 Å². The Labute approximate surface area is 168 Å². The number of alkyl halides is 3. The third-order valence-corrected chi connectivity index (χ3v) is 6.13. The Morgan fingerprint density at radius 2 is 1.85 bits per heavy atom. The molecular formula is C17H9BrClF3N4S. The normalized spacial score (nSPS) is 12.1. The third-order valence-electron chi connectivity index (χ3n) is 3.94. The fourth-order valence-electron chi connectivity index (χ4n) is 2.60. The smallest absolute Gasteiger partial charge is 0.325 e. The number of nitrogens with zero attached hydrogens (tertiary/aromatic N) is 4. The molecule has 0 amide bonds. The maximum atomic E-state index is 12.9. The summed E-state index contributed by atoms with van der Waals surface area (Å²) < 4.78 is 41.0. The van der Waals surface area contributed by atoms with Gasteiger partial charge in [0.25, 0.3) is 0 Å². The average Bonchev–Trinajstić information content (AvgIpc) is 3.15. The van der Waals surface area contributed by atoms with Gasteiger partial charge in [-0.2, -0.15) is 13.2 Å². The van der Waals surface area contributed by atoms with Crippen LogP contribution in [-0.4, -0.2) is 19.5 Å². The molecule has 0 spiro atoms. The van der Waals surface area contributed by atoms with Crippen molar-refractivity contribution in [1.82, 2.24) is 19.5 Å². The molecule has 10 heteroatoms. The van der Waals surface area contributed by atoms with E-state index in [0.29, 0.717) is 25.8 Å². The number of thiazole rings is 1. The summed E-state index contributed by atoms with van der Waals surface area (Å²) in [4.78, 5) is 13.1. The predicted octanol–water partition coefficient (Wildman–Crippen LogP) is 6.19. The van der Waals surface area contributed by atoms with Gasteiger partial charge >= 0.3 is 6.18 Å². The van der Waals surface area contributed by atoms with Gasteiger partial charge in [-0.3, -0.25) is 0 Å². The van der Waals surface area contributed by atoms with Crippen molar-refractivity contribution in [2.45, 2.75) is 6.18 Å². The van der Waals surface area contributed by atoms with E-state index >= 15 is 0 Å². The highest BCUT2D eigenvalue weighted by Gasteiger charge is 2.33. The quantitative estimate of drug-likeness (QED) is 0.348. The summed E-state index contributed by atoms with van der Waals surface area (Å²) in [5, 5.41) is 1.37. The summed E-state index contributed by atoms with van der Waals surface area (Å²) in [5.74, 6) is 0.510. The Balaban J connectivity index is 1.82. The maximum Gasteiger partial charge on any atom is 0.433 e. The lowest BCUT2D eigenvalue weighted by Gasteiger charge is -2.04. The lowest BCUT2D eigenvalue weighted by molar-refractivity contribution is -0.141. The van der Waals surface area contributed by atoms with Crippen LogP contribution in [0.5, 0.6) is 0 Å². The van der Waals surface area contributed by atoms with Crippen LogP contribution in [0.25, 0.3) is 32.3 Å². The molecule has 4 rings (SSSR count). The zero-order valence-corrected chi connectivity index (χ0v) is 16.7. The number of aromatic nitrogens is 4. The van der Waals surface area contributed by atoms with Crippen molar-refractivity contribution in [1.29, 1.82) is 0 Å². The van der Waals surface area contributed by atoms with E-state index in [4.69, 9.17) is 11.6 Å². The molecule has 0 saturated carbocycles. The fraction of sp³-hybridized carbons (Fsp3) is 0.118. The van der Waals surface area contributed by atoms with E-state index in [2.05, 4.69) is 30.9 Å². The Morgan fingerprint density at radius 1 is 1.15 bits per heavy atom. The second kappa shape index (κ2) is 6.57. The van der Waals surface area contributed by atoms with Gasteiger partial charge in [-0.25, -0.2) is 15.0 Å². The van der Waals surface area contributed by atoms with Crippen LogP contribution in [0.4, 0.5) is 13.2 Å². The first-order valence-corrected chi connectivity index (χ1v) is 9.55. The molecule has 1 aromatic carbocycles. The van der Waals surface area contributed by atoms with Gasteiger partial charge in [0.15, 0.2) is 5.82 Å². The summed E-state index contributed by atoms with van der Waals surface area (Å²) in [5.41, 5.74) is 0.649. The van der Waals surface area contributed by atoms with Crippen molar-refractivity contribution < 1.29 is 13.2 Å². The van der Waals surface area contributed by atoms with Crippen LogP contribution in [-0.2, 0) is 13.2 Å². The zero-order chi connectivity index (χ0) is 19.3. The van der Waals surface area contributed by atoms with Crippen molar-refractivity contribution in [3.8, 4) is 21.3 Å². The molecule has 0 radical (unpaired) electrons. The van der Waals surface area contributed by atoms with Gasteiger partial charge in [-0.15, -0.1) is 11.3 Å². The highest BCUT2D eigenvalue weighted by Crippen LogP contribution is 2.39. The number of imidazole rings is 1. The van der Waals surface area contributed by atoms with E-state index in [0.717, 1.165) is 16.6 Å². The molecule has 0 atom stereocenters. The Morgan fingerprint density at radius 3 is 2.52 bits per heavy atom. The minimum atomic E-state index is -4.52. The number of rotatable bonds is 2. The third kappa shape index (κ3) is 3.35. The van der Waals surface area contributed by atoms with Crippen LogP contribution < -0.4 is 0 Å². The number of benzene rings is 1. The van der Waals surface area contributed by atoms with Gasteiger partial charge in [-0.05, 0) is 34.1 Å². The van der Waals surface area contributed by atoms with Gasteiger partial charge in [0.1, 0.15) is 20.2 Å². The molecule has 0 saturated heterocycles. The van der Waals surface area contributed by atoms with Gasteiger partial charge < -0.3 is 4.57 Å². The minimum Gasteiger partial charge on any atom is -0.325 e. The van der Waals surface area contributed by atoms with Gasteiger partial charge in [0.2, 0.25) is 0 Å². The average molecular weight is 474 g/mol. The van der Waals surface area contributed by atoms with Crippen LogP contribution in [0, 0.1) is 0 Å². The van der Waals surface area contributed by atoms with Crippen molar-refractivity contribution in [3.05, 3.63) is 51.8 Å². The van der Waals surface area contributed by atoms with E-state index in [-0.39, 0.29) is 5.52 Å². The molecule has 0 bridgehead atoms. The molecular weight excluding hydrogens is 465 g/mol. The van der Waals surface area contributed by atoms with Crippen molar-refractivity contribution in [3.63, 3.8) is 0 Å². The zero-order valence-electron chi connectivity index (χ0n) is 13.6. The number of hydrogen-bond acceptors (Lipinski definition) is 4. The topological polar surface area (TPSA) is 43.6 Å². The lowest BCUT2D eigenvalue weighted by atomic mass is 10.2. The Bertz CT molecular complexity index is 1150. The second-order valence-corrected chi connectivity index (χ2v) is 7.88.